The van der Waals surface area contributed by atoms with Gasteiger partial charge in [0.25, 0.3) is 0 Å². The van der Waals surface area contributed by atoms with Gasteiger partial charge in [-0.15, -0.1) is 0 Å². The SMILES string of the molecule is CN=C(NCCC(=O)NC1CCCCC1)NCC(C)c1ccccc1. The molecule has 1 aliphatic carbocycles. The second-order valence-electron chi connectivity index (χ2n) is 6.84. The molecule has 25 heavy (non-hydrogen) atoms. The normalized spacial score (nSPS) is 17.0. The summed E-state index contributed by atoms with van der Waals surface area (Å²) in [6, 6.07) is 10.8. The molecule has 1 fully saturated rings. The third-order valence-corrected chi connectivity index (χ3v) is 4.78. The largest absolute Gasteiger partial charge is 0.356 e. The summed E-state index contributed by atoms with van der Waals surface area (Å²) in [6.45, 7) is 3.59. The number of carbonyl (C=O) groups excluding carboxylic acids is 1. The molecule has 3 N–H and O–H groups in total. The van der Waals surface area contributed by atoms with E-state index in [0.29, 0.717) is 24.9 Å². The molecule has 1 aromatic carbocycles. The van der Waals surface area contributed by atoms with E-state index in [1.807, 2.05) is 6.07 Å². The van der Waals surface area contributed by atoms with Gasteiger partial charge in [0, 0.05) is 32.6 Å². The zero-order valence-electron chi connectivity index (χ0n) is 15.6. The van der Waals surface area contributed by atoms with E-state index >= 15 is 0 Å². The van der Waals surface area contributed by atoms with Crippen LogP contribution in [-0.2, 0) is 4.79 Å². The summed E-state index contributed by atoms with van der Waals surface area (Å²) >= 11 is 0. The first-order valence-electron chi connectivity index (χ1n) is 9.48. The summed E-state index contributed by atoms with van der Waals surface area (Å²) < 4.78 is 0. The number of carbonyl (C=O) groups is 1. The number of rotatable bonds is 7. The average Bonchev–Trinajstić information content (AvgIpc) is 2.65. The Labute approximate surface area is 151 Å². The monoisotopic (exact) mass is 344 g/mol. The highest BCUT2D eigenvalue weighted by molar-refractivity contribution is 5.81. The lowest BCUT2D eigenvalue weighted by molar-refractivity contribution is -0.121. The lowest BCUT2D eigenvalue weighted by Crippen LogP contribution is -2.42. The van der Waals surface area contributed by atoms with E-state index < -0.39 is 0 Å². The topological polar surface area (TPSA) is 65.5 Å². The molecule has 0 radical (unpaired) electrons. The molecule has 1 saturated carbocycles. The molecule has 5 heteroatoms. The van der Waals surface area contributed by atoms with Crippen molar-refractivity contribution in [3.63, 3.8) is 0 Å². The van der Waals surface area contributed by atoms with Crippen LogP contribution in [-0.4, -0.2) is 38.0 Å². The molecule has 5 nitrogen and oxygen atoms in total. The summed E-state index contributed by atoms with van der Waals surface area (Å²) in [4.78, 5) is 16.2. The fourth-order valence-electron chi connectivity index (χ4n) is 3.21. The van der Waals surface area contributed by atoms with Crippen molar-refractivity contribution in [2.24, 2.45) is 4.99 Å². The quantitative estimate of drug-likeness (QED) is 0.526. The van der Waals surface area contributed by atoms with Crippen molar-refractivity contribution in [2.75, 3.05) is 20.1 Å². The van der Waals surface area contributed by atoms with Crippen LogP contribution in [0.2, 0.25) is 0 Å². The summed E-state index contributed by atoms with van der Waals surface area (Å²) in [5.74, 6) is 1.27. The smallest absolute Gasteiger partial charge is 0.221 e. The predicted octanol–water partition coefficient (Wildman–Crippen LogP) is 2.79. The third kappa shape index (κ3) is 7.16. The minimum atomic E-state index is 0.132. The van der Waals surface area contributed by atoms with Crippen LogP contribution in [0.4, 0.5) is 0 Å². The predicted molar refractivity (Wildman–Crippen MR) is 104 cm³/mol. The maximum Gasteiger partial charge on any atom is 0.221 e. The Bertz CT molecular complexity index is 538. The van der Waals surface area contributed by atoms with Crippen LogP contribution >= 0.6 is 0 Å². The third-order valence-electron chi connectivity index (χ3n) is 4.78. The van der Waals surface area contributed by atoms with Crippen LogP contribution in [0.25, 0.3) is 0 Å². The van der Waals surface area contributed by atoms with E-state index in [2.05, 4.69) is 52.1 Å². The van der Waals surface area contributed by atoms with Gasteiger partial charge in [-0.1, -0.05) is 56.5 Å². The lowest BCUT2D eigenvalue weighted by Gasteiger charge is -2.23. The Hall–Kier alpha value is -2.04. The Morgan fingerprint density at radius 3 is 2.56 bits per heavy atom. The van der Waals surface area contributed by atoms with Gasteiger partial charge in [-0.2, -0.15) is 0 Å². The Kier molecular flexibility index (Phi) is 8.29. The first-order valence-corrected chi connectivity index (χ1v) is 9.48. The number of nitrogens with one attached hydrogen (secondary N) is 3. The van der Waals surface area contributed by atoms with Crippen LogP contribution in [0.5, 0.6) is 0 Å². The van der Waals surface area contributed by atoms with Gasteiger partial charge in [0.2, 0.25) is 5.91 Å². The summed E-state index contributed by atoms with van der Waals surface area (Å²) in [5, 5.41) is 9.70. The van der Waals surface area contributed by atoms with E-state index in [1.165, 1.54) is 24.8 Å². The summed E-state index contributed by atoms with van der Waals surface area (Å²) in [5.41, 5.74) is 1.30. The van der Waals surface area contributed by atoms with Gasteiger partial charge in [0.05, 0.1) is 0 Å². The van der Waals surface area contributed by atoms with Crippen LogP contribution in [0.15, 0.2) is 35.3 Å². The van der Waals surface area contributed by atoms with Gasteiger partial charge in [-0.3, -0.25) is 9.79 Å². The molecule has 0 spiro atoms. The maximum atomic E-state index is 12.0. The van der Waals surface area contributed by atoms with Gasteiger partial charge in [0.1, 0.15) is 0 Å². The molecule has 0 heterocycles. The molecule has 0 bridgehead atoms. The molecule has 0 aliphatic heterocycles. The number of guanidine groups is 1. The van der Waals surface area contributed by atoms with E-state index in [-0.39, 0.29) is 5.91 Å². The number of benzene rings is 1. The van der Waals surface area contributed by atoms with Crippen LogP contribution in [0, 0.1) is 0 Å². The Morgan fingerprint density at radius 1 is 1.16 bits per heavy atom. The molecule has 1 unspecified atom stereocenters. The first kappa shape index (κ1) is 19.3. The molecule has 0 aromatic heterocycles. The van der Waals surface area contributed by atoms with Crippen molar-refractivity contribution in [2.45, 2.75) is 57.4 Å². The summed E-state index contributed by atoms with van der Waals surface area (Å²) in [6.07, 6.45) is 6.50. The number of nitrogens with zero attached hydrogens (tertiary/aromatic N) is 1. The Morgan fingerprint density at radius 2 is 1.88 bits per heavy atom. The minimum absolute atomic E-state index is 0.132. The van der Waals surface area contributed by atoms with Crippen molar-refractivity contribution < 1.29 is 4.79 Å². The van der Waals surface area contributed by atoms with Crippen molar-refractivity contribution in [1.82, 2.24) is 16.0 Å². The molecule has 1 amide bonds. The minimum Gasteiger partial charge on any atom is -0.356 e. The fraction of sp³-hybridized carbons (Fsp3) is 0.600. The van der Waals surface area contributed by atoms with Crippen molar-refractivity contribution in [3.05, 3.63) is 35.9 Å². The van der Waals surface area contributed by atoms with Gasteiger partial charge >= 0.3 is 0 Å². The average molecular weight is 345 g/mol. The van der Waals surface area contributed by atoms with Gasteiger partial charge in [-0.25, -0.2) is 0 Å². The highest BCUT2D eigenvalue weighted by atomic mass is 16.1. The number of hydrogen-bond acceptors (Lipinski definition) is 2. The highest BCUT2D eigenvalue weighted by Crippen LogP contribution is 2.17. The number of amides is 1. The molecule has 2 rings (SSSR count). The van der Waals surface area contributed by atoms with E-state index in [1.54, 1.807) is 7.05 Å². The van der Waals surface area contributed by atoms with Gasteiger partial charge in [0.15, 0.2) is 5.96 Å². The highest BCUT2D eigenvalue weighted by Gasteiger charge is 2.15. The molecule has 1 aliphatic rings. The van der Waals surface area contributed by atoms with Crippen molar-refractivity contribution in [3.8, 4) is 0 Å². The molecular formula is C20H32N4O. The summed E-state index contributed by atoms with van der Waals surface area (Å²) in [7, 11) is 1.75. The number of hydrogen-bond donors (Lipinski definition) is 3. The number of aliphatic imine (C=N–C) groups is 1. The molecule has 1 aromatic rings. The van der Waals surface area contributed by atoms with Crippen molar-refractivity contribution >= 4 is 11.9 Å². The lowest BCUT2D eigenvalue weighted by atomic mass is 9.95. The second kappa shape index (κ2) is 10.7. The van der Waals surface area contributed by atoms with E-state index in [4.69, 9.17) is 0 Å². The second-order valence-corrected chi connectivity index (χ2v) is 6.84. The molecule has 138 valence electrons. The van der Waals surface area contributed by atoms with Crippen LogP contribution < -0.4 is 16.0 Å². The van der Waals surface area contributed by atoms with E-state index in [9.17, 15) is 4.79 Å². The molecular weight excluding hydrogens is 312 g/mol. The zero-order valence-corrected chi connectivity index (χ0v) is 15.6. The van der Waals surface area contributed by atoms with Gasteiger partial charge in [-0.05, 0) is 24.3 Å². The van der Waals surface area contributed by atoms with Crippen molar-refractivity contribution in [1.29, 1.82) is 0 Å². The molecule has 1 atom stereocenters. The fourth-order valence-corrected chi connectivity index (χ4v) is 3.21. The van der Waals surface area contributed by atoms with Crippen LogP contribution in [0.1, 0.15) is 56.9 Å². The Balaban J connectivity index is 1.63. The first-order chi connectivity index (χ1) is 12.2. The van der Waals surface area contributed by atoms with Crippen LogP contribution in [0.3, 0.4) is 0 Å². The maximum absolute atomic E-state index is 12.0. The zero-order chi connectivity index (χ0) is 17.9. The standard InChI is InChI=1S/C20H32N4O/c1-16(17-9-5-3-6-10-17)15-23-20(21-2)22-14-13-19(25)24-18-11-7-4-8-12-18/h3,5-6,9-10,16,18H,4,7-8,11-15H2,1-2H3,(H,24,25)(H2,21,22,23). The molecule has 0 saturated heterocycles. The van der Waals surface area contributed by atoms with E-state index in [0.717, 1.165) is 25.3 Å². The van der Waals surface area contributed by atoms with Gasteiger partial charge < -0.3 is 16.0 Å².